The van der Waals surface area contributed by atoms with Gasteiger partial charge in [0.15, 0.2) is 0 Å². The number of halogens is 1. The molecule has 1 N–H and O–H groups in total. The Hall–Kier alpha value is -0.540. The first-order valence-electron chi connectivity index (χ1n) is 4.35. The monoisotopic (exact) mass is 241 g/mol. The van der Waals surface area contributed by atoms with Crippen molar-refractivity contribution in [1.82, 2.24) is 0 Å². The predicted molar refractivity (Wildman–Crippen MR) is 57.1 cm³/mol. The van der Waals surface area contributed by atoms with Crippen LogP contribution in [0.25, 0.3) is 0 Å². The molecule has 3 heteroatoms. The maximum atomic E-state index is 5.09. The van der Waals surface area contributed by atoms with Gasteiger partial charge in [0.05, 0.1) is 19.3 Å². The van der Waals surface area contributed by atoms with Gasteiger partial charge in [-0.05, 0) is 30.7 Å². The third-order valence-corrected chi connectivity index (χ3v) is 2.51. The standard InChI is InChI=1S/C10H12BrNO/c1-7-2-8(11)4-9(3-7)12-10-5-13-6-10/h2-4,10,12H,5-6H2,1H3. The second-order valence-electron chi connectivity index (χ2n) is 3.40. The number of ether oxygens (including phenoxy) is 1. The summed E-state index contributed by atoms with van der Waals surface area (Å²) in [6.07, 6.45) is 0. The first kappa shape index (κ1) is 9.03. The van der Waals surface area contributed by atoms with Gasteiger partial charge in [0.1, 0.15) is 0 Å². The van der Waals surface area contributed by atoms with Crippen molar-refractivity contribution in [1.29, 1.82) is 0 Å². The van der Waals surface area contributed by atoms with Crippen molar-refractivity contribution in [2.24, 2.45) is 0 Å². The van der Waals surface area contributed by atoms with E-state index in [0.29, 0.717) is 6.04 Å². The van der Waals surface area contributed by atoms with Crippen LogP contribution < -0.4 is 5.32 Å². The Labute approximate surface area is 86.4 Å². The first-order valence-corrected chi connectivity index (χ1v) is 5.15. The largest absolute Gasteiger partial charge is 0.378 e. The molecule has 0 bridgehead atoms. The summed E-state index contributed by atoms with van der Waals surface area (Å²) in [5, 5.41) is 3.40. The molecule has 2 rings (SSSR count). The normalized spacial score (nSPS) is 16.8. The SMILES string of the molecule is Cc1cc(Br)cc(NC2COC2)c1. The highest BCUT2D eigenvalue weighted by molar-refractivity contribution is 9.10. The van der Waals surface area contributed by atoms with E-state index in [2.05, 4.69) is 46.4 Å². The van der Waals surface area contributed by atoms with Crippen LogP contribution in [0.3, 0.4) is 0 Å². The number of benzene rings is 1. The van der Waals surface area contributed by atoms with Gasteiger partial charge in [-0.25, -0.2) is 0 Å². The van der Waals surface area contributed by atoms with E-state index in [1.807, 2.05) is 0 Å². The Morgan fingerprint density at radius 1 is 1.38 bits per heavy atom. The van der Waals surface area contributed by atoms with Crippen molar-refractivity contribution in [2.75, 3.05) is 18.5 Å². The Bertz CT molecular complexity index is 290. The van der Waals surface area contributed by atoms with Gasteiger partial charge in [-0.1, -0.05) is 15.9 Å². The van der Waals surface area contributed by atoms with Gasteiger partial charge in [-0.2, -0.15) is 0 Å². The van der Waals surface area contributed by atoms with Crippen LogP contribution in [-0.2, 0) is 4.74 Å². The molecule has 0 aromatic heterocycles. The van der Waals surface area contributed by atoms with E-state index in [1.54, 1.807) is 0 Å². The Balaban J connectivity index is 2.10. The van der Waals surface area contributed by atoms with Crippen molar-refractivity contribution in [2.45, 2.75) is 13.0 Å². The summed E-state index contributed by atoms with van der Waals surface area (Å²) in [7, 11) is 0. The van der Waals surface area contributed by atoms with Crippen LogP contribution in [-0.4, -0.2) is 19.3 Å². The molecule has 0 unspecified atom stereocenters. The lowest BCUT2D eigenvalue weighted by molar-refractivity contribution is 0.0211. The van der Waals surface area contributed by atoms with Gasteiger partial charge < -0.3 is 10.1 Å². The zero-order valence-electron chi connectivity index (χ0n) is 7.51. The molecule has 0 saturated carbocycles. The Morgan fingerprint density at radius 3 is 2.69 bits per heavy atom. The van der Waals surface area contributed by atoms with Gasteiger partial charge in [0, 0.05) is 10.2 Å². The minimum absolute atomic E-state index is 0.494. The van der Waals surface area contributed by atoms with E-state index in [9.17, 15) is 0 Å². The van der Waals surface area contributed by atoms with Crippen LogP contribution >= 0.6 is 15.9 Å². The summed E-state index contributed by atoms with van der Waals surface area (Å²) >= 11 is 3.47. The number of aryl methyl sites for hydroxylation is 1. The molecule has 13 heavy (non-hydrogen) atoms. The third-order valence-electron chi connectivity index (χ3n) is 2.05. The molecule has 0 atom stereocenters. The molecule has 1 aromatic carbocycles. The summed E-state index contributed by atoms with van der Waals surface area (Å²) in [6.45, 7) is 3.74. The first-order chi connectivity index (χ1) is 6.24. The average molecular weight is 242 g/mol. The number of hydrogen-bond acceptors (Lipinski definition) is 2. The molecular formula is C10H12BrNO. The lowest BCUT2D eigenvalue weighted by atomic mass is 10.2. The molecule has 70 valence electrons. The van der Waals surface area contributed by atoms with Crippen LogP contribution in [0, 0.1) is 6.92 Å². The molecule has 0 amide bonds. The van der Waals surface area contributed by atoms with Gasteiger partial charge >= 0.3 is 0 Å². The minimum Gasteiger partial charge on any atom is -0.378 e. The summed E-state index contributed by atoms with van der Waals surface area (Å²) < 4.78 is 6.21. The lowest BCUT2D eigenvalue weighted by Gasteiger charge is -2.28. The van der Waals surface area contributed by atoms with Crippen LogP contribution in [0.5, 0.6) is 0 Å². The van der Waals surface area contributed by atoms with Crippen LogP contribution in [0.1, 0.15) is 5.56 Å². The second kappa shape index (κ2) is 3.68. The van der Waals surface area contributed by atoms with E-state index in [0.717, 1.165) is 17.7 Å². The van der Waals surface area contributed by atoms with Gasteiger partial charge in [-0.3, -0.25) is 0 Å². The maximum absolute atomic E-state index is 5.09. The second-order valence-corrected chi connectivity index (χ2v) is 4.31. The van der Waals surface area contributed by atoms with Gasteiger partial charge in [0.2, 0.25) is 0 Å². The minimum atomic E-state index is 0.494. The van der Waals surface area contributed by atoms with E-state index in [4.69, 9.17) is 4.74 Å². The highest BCUT2D eigenvalue weighted by Gasteiger charge is 2.17. The summed E-state index contributed by atoms with van der Waals surface area (Å²) in [5.74, 6) is 0. The maximum Gasteiger partial charge on any atom is 0.0728 e. The quantitative estimate of drug-likeness (QED) is 0.860. The number of hydrogen-bond donors (Lipinski definition) is 1. The highest BCUT2D eigenvalue weighted by atomic mass is 79.9. The van der Waals surface area contributed by atoms with Crippen molar-refractivity contribution in [3.05, 3.63) is 28.2 Å². The molecule has 1 aliphatic rings. The van der Waals surface area contributed by atoms with Crippen molar-refractivity contribution >= 4 is 21.6 Å². The predicted octanol–water partition coefficient (Wildman–Crippen LogP) is 2.57. The zero-order chi connectivity index (χ0) is 9.26. The average Bonchev–Trinajstić information content (AvgIpc) is 1.95. The molecule has 1 saturated heterocycles. The molecule has 2 nitrogen and oxygen atoms in total. The number of anilines is 1. The third kappa shape index (κ3) is 2.23. The van der Waals surface area contributed by atoms with Crippen LogP contribution in [0.4, 0.5) is 5.69 Å². The molecule has 1 fully saturated rings. The van der Waals surface area contributed by atoms with Gasteiger partial charge in [0.25, 0.3) is 0 Å². The van der Waals surface area contributed by atoms with E-state index in [-0.39, 0.29) is 0 Å². The molecule has 1 aliphatic heterocycles. The topological polar surface area (TPSA) is 21.3 Å². The highest BCUT2D eigenvalue weighted by Crippen LogP contribution is 2.20. The fourth-order valence-corrected chi connectivity index (χ4v) is 1.98. The molecule has 1 heterocycles. The number of nitrogens with one attached hydrogen (secondary N) is 1. The van der Waals surface area contributed by atoms with Crippen molar-refractivity contribution in [3.8, 4) is 0 Å². The van der Waals surface area contributed by atoms with Crippen molar-refractivity contribution in [3.63, 3.8) is 0 Å². The number of rotatable bonds is 2. The van der Waals surface area contributed by atoms with E-state index in [1.165, 1.54) is 11.3 Å². The van der Waals surface area contributed by atoms with Crippen molar-refractivity contribution < 1.29 is 4.74 Å². The fourth-order valence-electron chi connectivity index (χ4n) is 1.37. The fraction of sp³-hybridized carbons (Fsp3) is 0.400. The molecule has 1 aromatic rings. The van der Waals surface area contributed by atoms with Crippen LogP contribution in [0.15, 0.2) is 22.7 Å². The van der Waals surface area contributed by atoms with E-state index < -0.39 is 0 Å². The summed E-state index contributed by atoms with van der Waals surface area (Å²) in [5.41, 5.74) is 2.43. The summed E-state index contributed by atoms with van der Waals surface area (Å²) in [4.78, 5) is 0. The molecule has 0 radical (unpaired) electrons. The smallest absolute Gasteiger partial charge is 0.0728 e. The molecule has 0 aliphatic carbocycles. The lowest BCUT2D eigenvalue weighted by Crippen LogP contribution is -2.40. The Morgan fingerprint density at radius 2 is 2.15 bits per heavy atom. The van der Waals surface area contributed by atoms with Crippen LogP contribution in [0.2, 0.25) is 0 Å². The molecule has 0 spiro atoms. The zero-order valence-corrected chi connectivity index (χ0v) is 9.10. The van der Waals surface area contributed by atoms with Gasteiger partial charge in [-0.15, -0.1) is 0 Å². The summed E-state index contributed by atoms with van der Waals surface area (Å²) in [6, 6.07) is 6.82. The molecular weight excluding hydrogens is 230 g/mol. The van der Waals surface area contributed by atoms with E-state index >= 15 is 0 Å². The Kier molecular flexibility index (Phi) is 2.56.